The van der Waals surface area contributed by atoms with Gasteiger partial charge in [0.2, 0.25) is 0 Å². The lowest BCUT2D eigenvalue weighted by atomic mass is 9.95. The van der Waals surface area contributed by atoms with Crippen LogP contribution in [-0.2, 0) is 4.79 Å². The van der Waals surface area contributed by atoms with Crippen molar-refractivity contribution in [1.29, 1.82) is 0 Å². The van der Waals surface area contributed by atoms with Crippen LogP contribution in [0, 0.1) is 13.8 Å². The van der Waals surface area contributed by atoms with Crippen molar-refractivity contribution >= 4 is 39.3 Å². The van der Waals surface area contributed by atoms with Crippen LogP contribution in [0.3, 0.4) is 0 Å². The van der Waals surface area contributed by atoms with E-state index in [9.17, 15) is 20.1 Å². The molecule has 2 fully saturated rings. The first kappa shape index (κ1) is 38.4. The number of amides is 1. The molecule has 2 aliphatic heterocycles. The highest BCUT2D eigenvalue weighted by molar-refractivity contribution is 5.93. The zero-order valence-corrected chi connectivity index (χ0v) is 32.5. The standard InChI is InChI=1S/C25H30N4O3.C19H20N4O/c1-4-25(32,5-2)24(31)29-14-12-28(13-15-29)23-18-11-10-17(3)16-20(18)26-22(27-23)19-8-6-7-9-21(19)30;1-13-6-7-14-16(12-13)21-18(15-4-2-3-5-17(15)24)22-19(14)23-10-8-20-9-11-23/h6-11,16,30,32H,4-5,12-15H2,1-3H3;2-7,12,20,24H,8-11H2,1H3. The minimum Gasteiger partial charge on any atom is -0.507 e. The molecule has 2 aromatic heterocycles. The fraction of sp³-hybridized carbons (Fsp3) is 0.341. The van der Waals surface area contributed by atoms with Crippen LogP contribution in [0.15, 0.2) is 84.9 Å². The lowest BCUT2D eigenvalue weighted by molar-refractivity contribution is -0.152. The van der Waals surface area contributed by atoms with Gasteiger partial charge in [-0.15, -0.1) is 0 Å². The fourth-order valence-electron chi connectivity index (χ4n) is 7.34. The van der Waals surface area contributed by atoms with Crippen molar-refractivity contribution in [1.82, 2.24) is 30.2 Å². The van der Waals surface area contributed by atoms with E-state index < -0.39 is 5.60 Å². The Labute approximate surface area is 327 Å². The van der Waals surface area contributed by atoms with Crippen LogP contribution in [0.2, 0.25) is 0 Å². The largest absolute Gasteiger partial charge is 0.507 e. The smallest absolute Gasteiger partial charge is 0.254 e. The number of nitrogens with zero attached hydrogens (tertiary/aromatic N) is 7. The van der Waals surface area contributed by atoms with E-state index in [0.717, 1.165) is 70.7 Å². The SMILES string of the molecule is CCC(O)(CC)C(=O)N1CCN(c2nc(-c3ccccc3O)nc3cc(C)ccc23)CC1.Cc1ccc2c(N3CCNCC3)nc(-c3ccccc3O)nc2c1. The van der Waals surface area contributed by atoms with Crippen molar-refractivity contribution in [3.05, 3.63) is 96.1 Å². The summed E-state index contributed by atoms with van der Waals surface area (Å²) in [4.78, 5) is 38.1. The molecule has 0 aliphatic carbocycles. The number of aryl methyl sites for hydroxylation is 2. The predicted molar refractivity (Wildman–Crippen MR) is 222 cm³/mol. The van der Waals surface area contributed by atoms with Gasteiger partial charge in [0.25, 0.3) is 5.91 Å². The molecule has 290 valence electrons. The highest BCUT2D eigenvalue weighted by Gasteiger charge is 2.37. The zero-order valence-electron chi connectivity index (χ0n) is 32.5. The number of phenols is 2. The molecule has 6 aromatic rings. The van der Waals surface area contributed by atoms with Crippen molar-refractivity contribution < 1.29 is 20.1 Å². The van der Waals surface area contributed by atoms with E-state index in [0.29, 0.717) is 61.8 Å². The topological polar surface area (TPSA) is 151 Å². The number of hydrogen-bond acceptors (Lipinski definition) is 11. The molecule has 56 heavy (non-hydrogen) atoms. The molecule has 0 atom stereocenters. The maximum atomic E-state index is 12.9. The molecule has 4 N–H and O–H groups in total. The number of carbonyl (C=O) groups excluding carboxylic acids is 1. The van der Waals surface area contributed by atoms with Crippen LogP contribution in [-0.4, -0.2) is 104 Å². The molecule has 12 heteroatoms. The second-order valence-electron chi connectivity index (χ2n) is 14.6. The van der Waals surface area contributed by atoms with Crippen LogP contribution >= 0.6 is 0 Å². The number of anilines is 2. The van der Waals surface area contributed by atoms with Crippen LogP contribution in [0.25, 0.3) is 44.6 Å². The second kappa shape index (κ2) is 16.5. The van der Waals surface area contributed by atoms with E-state index in [1.165, 1.54) is 0 Å². The summed E-state index contributed by atoms with van der Waals surface area (Å²) in [5.74, 6) is 2.93. The Morgan fingerprint density at radius 3 is 1.54 bits per heavy atom. The lowest BCUT2D eigenvalue weighted by Gasteiger charge is -2.39. The molecule has 2 saturated heterocycles. The Bertz CT molecular complexity index is 2350. The number of nitrogens with one attached hydrogen (secondary N) is 1. The van der Waals surface area contributed by atoms with E-state index in [1.807, 2.05) is 63.2 Å². The van der Waals surface area contributed by atoms with E-state index in [4.69, 9.17) is 19.9 Å². The number of phenolic OH excluding ortho intramolecular Hbond substituents is 2. The van der Waals surface area contributed by atoms with E-state index in [2.05, 4.69) is 40.2 Å². The van der Waals surface area contributed by atoms with Crippen molar-refractivity contribution in [3.63, 3.8) is 0 Å². The van der Waals surface area contributed by atoms with Gasteiger partial charge >= 0.3 is 0 Å². The molecule has 1 amide bonds. The first-order valence-corrected chi connectivity index (χ1v) is 19.4. The van der Waals surface area contributed by atoms with E-state index in [1.54, 1.807) is 29.2 Å². The van der Waals surface area contributed by atoms with Crippen LogP contribution in [0.4, 0.5) is 11.6 Å². The summed E-state index contributed by atoms with van der Waals surface area (Å²) >= 11 is 0. The number of para-hydroxylation sites is 2. The molecule has 0 saturated carbocycles. The summed E-state index contributed by atoms with van der Waals surface area (Å²) in [5, 5.41) is 36.5. The number of rotatable bonds is 7. The summed E-state index contributed by atoms with van der Waals surface area (Å²) in [5.41, 5.74) is 3.95. The number of aromatic hydroxyl groups is 2. The average molecular weight is 755 g/mol. The Hall–Kier alpha value is -5.85. The zero-order chi connectivity index (χ0) is 39.4. The minimum atomic E-state index is -1.29. The molecular weight excluding hydrogens is 705 g/mol. The van der Waals surface area contributed by atoms with Crippen molar-refractivity contribution in [2.45, 2.75) is 46.1 Å². The molecule has 4 aromatic carbocycles. The van der Waals surface area contributed by atoms with E-state index >= 15 is 0 Å². The Balaban J connectivity index is 0.000000178. The van der Waals surface area contributed by atoms with Gasteiger partial charge < -0.3 is 35.3 Å². The van der Waals surface area contributed by atoms with Gasteiger partial charge in [-0.2, -0.15) is 0 Å². The molecule has 2 aliphatic rings. The summed E-state index contributed by atoms with van der Waals surface area (Å²) in [6.07, 6.45) is 0.810. The monoisotopic (exact) mass is 754 g/mol. The van der Waals surface area contributed by atoms with Gasteiger partial charge in [0.1, 0.15) is 28.7 Å². The summed E-state index contributed by atoms with van der Waals surface area (Å²) in [6.45, 7) is 13.7. The highest BCUT2D eigenvalue weighted by Crippen LogP contribution is 2.34. The molecule has 0 radical (unpaired) electrons. The van der Waals surface area contributed by atoms with E-state index in [-0.39, 0.29) is 17.4 Å². The van der Waals surface area contributed by atoms with Crippen LogP contribution in [0.5, 0.6) is 11.5 Å². The molecule has 0 spiro atoms. The average Bonchev–Trinajstić information content (AvgIpc) is 3.23. The molecule has 0 bridgehead atoms. The van der Waals surface area contributed by atoms with Gasteiger partial charge in [0, 0.05) is 63.1 Å². The second-order valence-corrected chi connectivity index (χ2v) is 14.6. The summed E-state index contributed by atoms with van der Waals surface area (Å²) < 4.78 is 0. The fourth-order valence-corrected chi connectivity index (χ4v) is 7.34. The van der Waals surface area contributed by atoms with Gasteiger partial charge in [0.05, 0.1) is 22.2 Å². The Morgan fingerprint density at radius 2 is 1.09 bits per heavy atom. The maximum absolute atomic E-state index is 12.9. The summed E-state index contributed by atoms with van der Waals surface area (Å²) in [6, 6.07) is 26.6. The Morgan fingerprint density at radius 1 is 0.643 bits per heavy atom. The third kappa shape index (κ3) is 7.93. The maximum Gasteiger partial charge on any atom is 0.254 e. The number of aromatic nitrogens is 4. The minimum absolute atomic E-state index is 0.138. The first-order chi connectivity index (χ1) is 27.1. The molecule has 12 nitrogen and oxygen atoms in total. The molecule has 4 heterocycles. The highest BCUT2D eigenvalue weighted by atomic mass is 16.3. The number of piperazine rings is 2. The number of aliphatic hydroxyl groups is 1. The van der Waals surface area contributed by atoms with Gasteiger partial charge in [-0.1, -0.05) is 50.2 Å². The number of hydrogen-bond donors (Lipinski definition) is 4. The predicted octanol–water partition coefficient (Wildman–Crippen LogP) is 6.23. The van der Waals surface area contributed by atoms with Crippen molar-refractivity contribution in [3.8, 4) is 34.3 Å². The van der Waals surface area contributed by atoms with Gasteiger partial charge in [-0.25, -0.2) is 19.9 Å². The van der Waals surface area contributed by atoms with Gasteiger partial charge in [-0.05, 0) is 86.3 Å². The first-order valence-electron chi connectivity index (χ1n) is 19.4. The third-order valence-electron chi connectivity index (χ3n) is 10.8. The number of carbonyl (C=O) groups is 1. The summed E-state index contributed by atoms with van der Waals surface area (Å²) in [7, 11) is 0. The van der Waals surface area contributed by atoms with Crippen LogP contribution in [0.1, 0.15) is 37.8 Å². The molecule has 8 rings (SSSR count). The normalized spacial score (nSPS) is 14.8. The lowest BCUT2D eigenvalue weighted by Crippen LogP contribution is -2.55. The van der Waals surface area contributed by atoms with Crippen molar-refractivity contribution in [2.75, 3.05) is 62.2 Å². The number of benzene rings is 4. The van der Waals surface area contributed by atoms with Gasteiger partial charge in [-0.3, -0.25) is 4.79 Å². The molecule has 0 unspecified atom stereocenters. The van der Waals surface area contributed by atoms with Crippen LogP contribution < -0.4 is 15.1 Å². The third-order valence-corrected chi connectivity index (χ3v) is 10.8. The quantitative estimate of drug-likeness (QED) is 0.147. The molecular formula is C44H50N8O4. The van der Waals surface area contributed by atoms with Gasteiger partial charge in [0.15, 0.2) is 11.6 Å². The Kier molecular flexibility index (Phi) is 11.3. The van der Waals surface area contributed by atoms with Crippen molar-refractivity contribution in [2.24, 2.45) is 0 Å². The number of fused-ring (bicyclic) bond motifs is 2.